The number of hydrogen-bond donors (Lipinski definition) is 2. The van der Waals surface area contributed by atoms with Gasteiger partial charge in [0.2, 0.25) is 5.95 Å². The maximum absolute atomic E-state index is 12.6. The van der Waals surface area contributed by atoms with Gasteiger partial charge in [0.1, 0.15) is 5.69 Å². The minimum Gasteiger partial charge on any atom is -0.344 e. The van der Waals surface area contributed by atoms with Gasteiger partial charge < -0.3 is 10.2 Å². The van der Waals surface area contributed by atoms with Crippen molar-refractivity contribution in [3.05, 3.63) is 57.5 Å². The van der Waals surface area contributed by atoms with Crippen LogP contribution in [-0.4, -0.2) is 29.0 Å². The van der Waals surface area contributed by atoms with Gasteiger partial charge in [0.05, 0.1) is 11.6 Å². The molecule has 0 fully saturated rings. The zero-order valence-electron chi connectivity index (χ0n) is 15.2. The van der Waals surface area contributed by atoms with Crippen LogP contribution >= 0.6 is 0 Å². The topological polar surface area (TPSA) is 78.1 Å². The third kappa shape index (κ3) is 5.08. The number of halogens is 3. The molecule has 0 saturated carbocycles. The fourth-order valence-electron chi connectivity index (χ4n) is 2.55. The zero-order valence-corrected chi connectivity index (χ0v) is 15.2. The van der Waals surface area contributed by atoms with Gasteiger partial charge in [-0.05, 0) is 38.5 Å². The molecule has 0 aliphatic heterocycles. The number of benzene rings is 1. The monoisotopic (exact) mass is 382 g/mol. The highest BCUT2D eigenvalue weighted by atomic mass is 19.4. The molecule has 0 saturated heterocycles. The van der Waals surface area contributed by atoms with Gasteiger partial charge in [0.15, 0.2) is 0 Å². The van der Waals surface area contributed by atoms with Gasteiger partial charge in [-0.3, -0.25) is 14.6 Å². The Morgan fingerprint density at radius 1 is 1.22 bits per heavy atom. The van der Waals surface area contributed by atoms with E-state index in [1.807, 2.05) is 13.8 Å². The van der Waals surface area contributed by atoms with Crippen LogP contribution in [0.25, 0.3) is 0 Å². The Morgan fingerprint density at radius 3 is 2.33 bits per heavy atom. The molecule has 6 nitrogen and oxygen atoms in total. The molecule has 1 aromatic carbocycles. The summed E-state index contributed by atoms with van der Waals surface area (Å²) in [5.41, 5.74) is -0.770. The average molecular weight is 382 g/mol. The lowest BCUT2D eigenvalue weighted by Crippen LogP contribution is -2.31. The predicted octanol–water partition coefficient (Wildman–Crippen LogP) is 3.13. The number of nitrogens with zero attached hydrogens (tertiary/aromatic N) is 2. The minimum atomic E-state index is -4.42. The van der Waals surface area contributed by atoms with Crippen LogP contribution in [0.4, 0.5) is 19.1 Å². The van der Waals surface area contributed by atoms with E-state index in [1.165, 1.54) is 12.1 Å². The number of aromatic nitrogens is 2. The van der Waals surface area contributed by atoms with E-state index >= 15 is 0 Å². The van der Waals surface area contributed by atoms with Crippen molar-refractivity contribution in [1.82, 2.24) is 15.3 Å². The molecule has 2 rings (SSSR count). The molecule has 2 aromatic rings. The van der Waals surface area contributed by atoms with Crippen molar-refractivity contribution in [3.63, 3.8) is 0 Å². The van der Waals surface area contributed by atoms with Gasteiger partial charge in [-0.15, -0.1) is 0 Å². The first-order chi connectivity index (χ1) is 12.7. The largest absolute Gasteiger partial charge is 0.416 e. The third-order valence-corrected chi connectivity index (χ3v) is 4.11. The Balaban J connectivity index is 2.18. The molecule has 1 atom stereocenters. The molecule has 2 N–H and O–H groups in total. The van der Waals surface area contributed by atoms with Gasteiger partial charge in [0, 0.05) is 19.2 Å². The summed E-state index contributed by atoms with van der Waals surface area (Å²) in [7, 11) is 0. The summed E-state index contributed by atoms with van der Waals surface area (Å²) in [5.74, 6) is -0.290. The van der Waals surface area contributed by atoms with Gasteiger partial charge in [-0.2, -0.15) is 13.2 Å². The van der Waals surface area contributed by atoms with Gasteiger partial charge >= 0.3 is 6.18 Å². The van der Waals surface area contributed by atoms with Crippen molar-refractivity contribution in [2.45, 2.75) is 33.0 Å². The molecule has 0 aliphatic carbocycles. The van der Waals surface area contributed by atoms with E-state index in [0.29, 0.717) is 24.6 Å². The number of amides is 1. The van der Waals surface area contributed by atoms with Crippen molar-refractivity contribution < 1.29 is 18.0 Å². The number of carbonyl (C=O) groups is 1. The fraction of sp³-hybridized carbons (Fsp3) is 0.389. The first-order valence-electron chi connectivity index (χ1n) is 8.50. The highest BCUT2D eigenvalue weighted by Crippen LogP contribution is 2.29. The Morgan fingerprint density at radius 2 is 1.81 bits per heavy atom. The fourth-order valence-corrected chi connectivity index (χ4v) is 2.55. The van der Waals surface area contributed by atoms with Gasteiger partial charge in [-0.1, -0.05) is 12.1 Å². The molecule has 1 aromatic heterocycles. The number of aromatic amines is 1. The molecule has 0 radical (unpaired) electrons. The van der Waals surface area contributed by atoms with E-state index in [2.05, 4.69) is 15.3 Å². The number of H-pyrrole nitrogens is 1. The Kier molecular flexibility index (Phi) is 6.24. The van der Waals surface area contributed by atoms with Crippen LogP contribution in [0, 0.1) is 0 Å². The van der Waals surface area contributed by atoms with Crippen molar-refractivity contribution in [2.75, 3.05) is 18.0 Å². The highest BCUT2D eigenvalue weighted by Gasteiger charge is 2.30. The number of hydrogen-bond acceptors (Lipinski definition) is 4. The molecule has 1 heterocycles. The van der Waals surface area contributed by atoms with Gasteiger partial charge in [-0.25, -0.2) is 4.98 Å². The molecule has 9 heteroatoms. The lowest BCUT2D eigenvalue weighted by molar-refractivity contribution is -0.137. The summed E-state index contributed by atoms with van der Waals surface area (Å²) >= 11 is 0. The normalized spacial score (nSPS) is 12.5. The Hall–Kier alpha value is -2.84. The maximum atomic E-state index is 12.6. The van der Waals surface area contributed by atoms with E-state index in [9.17, 15) is 22.8 Å². The molecule has 1 amide bonds. The van der Waals surface area contributed by atoms with Crippen molar-refractivity contribution in [3.8, 4) is 0 Å². The summed E-state index contributed by atoms with van der Waals surface area (Å²) in [6.07, 6.45) is -4.42. The first-order valence-corrected chi connectivity index (χ1v) is 8.50. The van der Waals surface area contributed by atoms with Crippen molar-refractivity contribution in [2.24, 2.45) is 0 Å². The lowest BCUT2D eigenvalue weighted by Gasteiger charge is -2.20. The quantitative estimate of drug-likeness (QED) is 0.805. The average Bonchev–Trinajstić information content (AvgIpc) is 2.61. The first kappa shape index (κ1) is 20.5. The summed E-state index contributed by atoms with van der Waals surface area (Å²) in [6.45, 7) is 6.63. The summed E-state index contributed by atoms with van der Waals surface area (Å²) < 4.78 is 37.9. The standard InChI is InChI=1S/C18H21F3N4O2/c1-4-25(5-2)17-23-14(10-15(26)24-17)16(27)22-11(3)12-6-8-13(9-7-12)18(19,20)21/h6-11H,4-5H2,1-3H3,(H,22,27)(H,23,24,26). The summed E-state index contributed by atoms with van der Waals surface area (Å²) in [6, 6.07) is 5.06. The van der Waals surface area contributed by atoms with E-state index in [1.54, 1.807) is 11.8 Å². The molecular formula is C18H21F3N4O2. The van der Waals surface area contributed by atoms with Crippen LogP contribution < -0.4 is 15.8 Å². The number of alkyl halides is 3. The molecule has 27 heavy (non-hydrogen) atoms. The SMILES string of the molecule is CCN(CC)c1nc(C(=O)NC(C)c2ccc(C(F)(F)F)cc2)cc(=O)[nH]1. The van der Waals surface area contributed by atoms with Crippen molar-refractivity contribution in [1.29, 1.82) is 0 Å². The van der Waals surface area contributed by atoms with Crippen LogP contribution in [0.3, 0.4) is 0 Å². The third-order valence-electron chi connectivity index (χ3n) is 4.11. The Labute approximate surface area is 154 Å². The number of nitrogens with one attached hydrogen (secondary N) is 2. The van der Waals surface area contributed by atoms with Crippen LogP contribution in [0.15, 0.2) is 35.1 Å². The molecule has 146 valence electrons. The lowest BCUT2D eigenvalue weighted by atomic mass is 10.1. The summed E-state index contributed by atoms with van der Waals surface area (Å²) in [4.78, 5) is 32.8. The van der Waals surface area contributed by atoms with Crippen LogP contribution in [-0.2, 0) is 6.18 Å². The van der Waals surface area contributed by atoms with Crippen LogP contribution in [0.1, 0.15) is 48.4 Å². The predicted molar refractivity (Wildman–Crippen MR) is 95.7 cm³/mol. The van der Waals surface area contributed by atoms with E-state index in [-0.39, 0.29) is 5.69 Å². The molecule has 0 aliphatic rings. The number of anilines is 1. The van der Waals surface area contributed by atoms with E-state index < -0.39 is 29.2 Å². The number of carbonyl (C=O) groups excluding carboxylic acids is 1. The highest BCUT2D eigenvalue weighted by molar-refractivity contribution is 5.92. The maximum Gasteiger partial charge on any atom is 0.416 e. The smallest absolute Gasteiger partial charge is 0.344 e. The zero-order chi connectivity index (χ0) is 20.2. The number of rotatable bonds is 6. The molecule has 0 spiro atoms. The van der Waals surface area contributed by atoms with E-state index in [0.717, 1.165) is 18.2 Å². The van der Waals surface area contributed by atoms with Crippen molar-refractivity contribution >= 4 is 11.9 Å². The van der Waals surface area contributed by atoms with Crippen LogP contribution in [0.5, 0.6) is 0 Å². The Bertz CT molecular complexity index is 843. The van der Waals surface area contributed by atoms with Crippen LogP contribution in [0.2, 0.25) is 0 Å². The van der Waals surface area contributed by atoms with Gasteiger partial charge in [0.25, 0.3) is 11.5 Å². The molecule has 1 unspecified atom stereocenters. The second kappa shape index (κ2) is 8.24. The van der Waals surface area contributed by atoms with E-state index in [4.69, 9.17) is 0 Å². The second-order valence-electron chi connectivity index (χ2n) is 5.94. The second-order valence-corrected chi connectivity index (χ2v) is 5.94. The molecule has 0 bridgehead atoms. The molecular weight excluding hydrogens is 361 g/mol. The summed E-state index contributed by atoms with van der Waals surface area (Å²) in [5, 5.41) is 2.65. The minimum absolute atomic E-state index is 0.0561.